The molecule has 166 valence electrons. The molecule has 29 heavy (non-hydrogen) atoms. The predicted octanol–water partition coefficient (Wildman–Crippen LogP) is 4.01. The minimum absolute atomic E-state index is 0.0153. The van der Waals surface area contributed by atoms with Gasteiger partial charge in [0.05, 0.1) is 6.10 Å². The fraction of sp³-hybridized carbons (Fsp3) is 0.636. The second-order valence-electron chi connectivity index (χ2n) is 8.56. The van der Waals surface area contributed by atoms with Gasteiger partial charge >= 0.3 is 11.9 Å². The second kappa shape index (κ2) is 12.8. The Labute approximate surface area is 177 Å². The summed E-state index contributed by atoms with van der Waals surface area (Å²) in [6.07, 6.45) is 6.34. The molecule has 7 heteroatoms. The van der Waals surface area contributed by atoms with E-state index in [0.29, 0.717) is 6.42 Å². The lowest BCUT2D eigenvalue weighted by Gasteiger charge is -2.42. The van der Waals surface area contributed by atoms with E-state index in [1.54, 1.807) is 13.1 Å². The minimum Gasteiger partial charge on any atom is -0.460 e. The number of rotatable bonds is 13. The van der Waals surface area contributed by atoms with Gasteiger partial charge in [0.25, 0.3) is 0 Å². The van der Waals surface area contributed by atoms with Gasteiger partial charge in [0, 0.05) is 6.08 Å². The van der Waals surface area contributed by atoms with Gasteiger partial charge in [-0.05, 0) is 37.5 Å². The van der Waals surface area contributed by atoms with Crippen LogP contribution in [-0.2, 0) is 23.5 Å². The predicted molar refractivity (Wildman–Crippen MR) is 120 cm³/mol. The first-order valence-corrected chi connectivity index (χ1v) is 12.9. The molecule has 0 unspecified atom stereocenters. The highest BCUT2D eigenvalue weighted by Gasteiger charge is 2.43. The van der Waals surface area contributed by atoms with Crippen LogP contribution >= 0.6 is 0 Å². The number of likely N-dealkylation sites (N-methyl/N-ethyl adjacent to an activating group) is 1. The molecule has 0 aromatic rings. The number of nitrogens with one attached hydrogen (secondary N) is 1. The maximum atomic E-state index is 12.6. The number of carbonyl (C=O) groups is 2. The van der Waals surface area contributed by atoms with Crippen molar-refractivity contribution < 1.29 is 23.5 Å². The fourth-order valence-electron chi connectivity index (χ4n) is 2.38. The van der Waals surface area contributed by atoms with Crippen molar-refractivity contribution in [2.75, 3.05) is 20.3 Å². The van der Waals surface area contributed by atoms with Crippen molar-refractivity contribution in [3.63, 3.8) is 0 Å². The van der Waals surface area contributed by atoms with Crippen LogP contribution in [0.1, 0.15) is 34.1 Å². The van der Waals surface area contributed by atoms with Crippen molar-refractivity contribution in [2.45, 2.75) is 64.4 Å². The van der Waals surface area contributed by atoms with Gasteiger partial charge in [-0.1, -0.05) is 59.1 Å². The van der Waals surface area contributed by atoms with Crippen LogP contribution in [0.2, 0.25) is 18.1 Å². The maximum absolute atomic E-state index is 12.6. The first-order valence-electron chi connectivity index (χ1n) is 9.98. The van der Waals surface area contributed by atoms with Gasteiger partial charge in [0.15, 0.2) is 8.32 Å². The summed E-state index contributed by atoms with van der Waals surface area (Å²) < 4.78 is 16.8. The zero-order valence-corrected chi connectivity index (χ0v) is 20.1. The summed E-state index contributed by atoms with van der Waals surface area (Å²) in [6.45, 7) is 20.2. The number of allylic oxidation sites excluding steroid dienone is 1. The smallest absolute Gasteiger partial charge is 0.330 e. The van der Waals surface area contributed by atoms with E-state index in [0.717, 1.165) is 0 Å². The van der Waals surface area contributed by atoms with Crippen molar-refractivity contribution in [3.8, 4) is 0 Å². The minimum atomic E-state index is -2.16. The quantitative estimate of drug-likeness (QED) is 0.208. The van der Waals surface area contributed by atoms with E-state index in [1.807, 2.05) is 6.92 Å². The molecule has 3 atom stereocenters. The highest BCUT2D eigenvalue weighted by Crippen LogP contribution is 2.39. The van der Waals surface area contributed by atoms with Gasteiger partial charge in [0.2, 0.25) is 0 Å². The van der Waals surface area contributed by atoms with Crippen LogP contribution in [-0.4, -0.2) is 52.7 Å². The first-order chi connectivity index (χ1) is 13.4. The topological polar surface area (TPSA) is 73.9 Å². The van der Waals surface area contributed by atoms with Crippen LogP contribution in [0.5, 0.6) is 0 Å². The van der Waals surface area contributed by atoms with Gasteiger partial charge in [-0.3, -0.25) is 4.79 Å². The Morgan fingerprint density at radius 2 is 1.66 bits per heavy atom. The van der Waals surface area contributed by atoms with Gasteiger partial charge in [-0.15, -0.1) is 0 Å². The molecule has 0 spiro atoms. The Morgan fingerprint density at radius 3 is 2.14 bits per heavy atom. The van der Waals surface area contributed by atoms with Gasteiger partial charge in [-0.2, -0.15) is 0 Å². The molecular weight excluding hydrogens is 386 g/mol. The van der Waals surface area contributed by atoms with E-state index in [2.05, 4.69) is 52.3 Å². The van der Waals surface area contributed by atoms with Crippen LogP contribution in [0, 0.1) is 5.92 Å². The highest BCUT2D eigenvalue weighted by molar-refractivity contribution is 6.74. The molecule has 0 radical (unpaired) electrons. The lowest BCUT2D eigenvalue weighted by molar-refractivity contribution is -0.148. The lowest BCUT2D eigenvalue weighted by atomic mass is 9.94. The molecule has 0 saturated heterocycles. The average molecular weight is 426 g/mol. The zero-order chi connectivity index (χ0) is 22.7. The van der Waals surface area contributed by atoms with Gasteiger partial charge in [-0.25, -0.2) is 4.79 Å². The number of esters is 2. The van der Waals surface area contributed by atoms with Crippen molar-refractivity contribution in [2.24, 2.45) is 5.92 Å². The summed E-state index contributed by atoms with van der Waals surface area (Å²) in [7, 11) is -0.441. The normalized spacial score (nSPS) is 15.4. The number of carbonyl (C=O) groups excluding carboxylic acids is 2. The lowest BCUT2D eigenvalue weighted by Crippen LogP contribution is -2.55. The van der Waals surface area contributed by atoms with Gasteiger partial charge < -0.3 is 19.2 Å². The Balaban J connectivity index is 5.51. The summed E-state index contributed by atoms with van der Waals surface area (Å²) in [6, 6.07) is -0.625. The molecule has 0 aliphatic carbocycles. The van der Waals surface area contributed by atoms with E-state index in [1.165, 1.54) is 18.2 Å². The Bertz CT molecular complexity index is 580. The zero-order valence-electron chi connectivity index (χ0n) is 19.1. The second-order valence-corrected chi connectivity index (χ2v) is 13.3. The van der Waals surface area contributed by atoms with E-state index in [9.17, 15) is 9.59 Å². The molecule has 0 aromatic heterocycles. The molecule has 0 rings (SSSR count). The number of hydrogen-bond acceptors (Lipinski definition) is 6. The summed E-state index contributed by atoms with van der Waals surface area (Å²) in [5.41, 5.74) is 0. The van der Waals surface area contributed by atoms with Crippen molar-refractivity contribution in [3.05, 3.63) is 37.5 Å². The molecule has 0 saturated carbocycles. The highest BCUT2D eigenvalue weighted by atomic mass is 28.4. The van der Waals surface area contributed by atoms with Crippen molar-refractivity contribution >= 4 is 20.3 Å². The van der Waals surface area contributed by atoms with Crippen molar-refractivity contribution in [1.82, 2.24) is 5.32 Å². The molecular formula is C22H39NO5Si. The molecule has 0 amide bonds. The van der Waals surface area contributed by atoms with Crippen LogP contribution in [0.15, 0.2) is 37.5 Å². The van der Waals surface area contributed by atoms with Crippen LogP contribution in [0.25, 0.3) is 0 Å². The van der Waals surface area contributed by atoms with Crippen LogP contribution in [0.4, 0.5) is 0 Å². The molecule has 6 nitrogen and oxygen atoms in total. The molecule has 0 aromatic carbocycles. The first kappa shape index (κ1) is 27.3. The summed E-state index contributed by atoms with van der Waals surface area (Å²) in [5, 5.41) is 3.04. The third kappa shape index (κ3) is 9.56. The number of ether oxygens (including phenoxy) is 2. The van der Waals surface area contributed by atoms with Crippen molar-refractivity contribution in [1.29, 1.82) is 0 Å². The van der Waals surface area contributed by atoms with Crippen LogP contribution in [0.3, 0.4) is 0 Å². The van der Waals surface area contributed by atoms with Gasteiger partial charge in [0.1, 0.15) is 19.3 Å². The largest absolute Gasteiger partial charge is 0.460 e. The summed E-state index contributed by atoms with van der Waals surface area (Å²) >= 11 is 0. The molecule has 0 fully saturated rings. The average Bonchev–Trinajstić information content (AvgIpc) is 2.63. The third-order valence-corrected chi connectivity index (χ3v) is 9.61. The SMILES string of the molecule is C=CCOC(=O)/C=C/C[C@@H](C)[C@@H](O[Si](C)(C)C(C)(C)C)[C@H](NC)C(=O)OCC=C. The summed E-state index contributed by atoms with van der Waals surface area (Å²) in [5.74, 6) is -0.840. The van der Waals surface area contributed by atoms with E-state index in [-0.39, 0.29) is 30.1 Å². The van der Waals surface area contributed by atoms with E-state index in [4.69, 9.17) is 13.9 Å². The molecule has 0 aliphatic heterocycles. The Kier molecular flexibility index (Phi) is 12.0. The maximum Gasteiger partial charge on any atom is 0.330 e. The van der Waals surface area contributed by atoms with E-state index >= 15 is 0 Å². The molecule has 1 N–H and O–H groups in total. The standard InChI is InChI=1S/C22H39NO5Si/c1-10-15-26-18(24)14-12-13-17(3)20(28-29(8,9)22(4,5)6)19(23-7)21(25)27-16-11-2/h10-12,14,17,19-20,23H,1-2,13,15-16H2,3-9H3/b14-12+/t17-,19+,20-/m1/s1. The Hall–Kier alpha value is -1.70. The molecule has 0 aliphatic rings. The fourth-order valence-corrected chi connectivity index (χ4v) is 3.78. The molecule has 0 heterocycles. The van der Waals surface area contributed by atoms with E-state index < -0.39 is 26.4 Å². The van der Waals surface area contributed by atoms with Crippen LogP contribution < -0.4 is 5.32 Å². The number of hydrogen-bond donors (Lipinski definition) is 1. The Morgan fingerprint density at radius 1 is 1.10 bits per heavy atom. The third-order valence-electron chi connectivity index (χ3n) is 5.14. The summed E-state index contributed by atoms with van der Waals surface area (Å²) in [4.78, 5) is 24.3. The monoisotopic (exact) mass is 425 g/mol. The molecule has 0 bridgehead atoms.